The van der Waals surface area contributed by atoms with Gasteiger partial charge < -0.3 is 11.1 Å². The lowest BCUT2D eigenvalue weighted by Gasteiger charge is -2.12. The van der Waals surface area contributed by atoms with Crippen LogP contribution in [0.5, 0.6) is 0 Å². The Morgan fingerprint density at radius 2 is 2.05 bits per heavy atom. The Morgan fingerprint density at radius 3 is 2.63 bits per heavy atom. The monoisotopic (exact) mass is 348 g/mol. The van der Waals surface area contributed by atoms with Crippen molar-refractivity contribution >= 4 is 37.4 Å². The summed E-state index contributed by atoms with van der Waals surface area (Å²) in [6.07, 6.45) is 0.352. The number of sulfone groups is 1. The molecule has 0 spiro atoms. The molecular formula is C12H17BrN2O3S. The number of carbonyl (C=O) groups is 1. The highest BCUT2D eigenvalue weighted by molar-refractivity contribution is 9.10. The van der Waals surface area contributed by atoms with Crippen LogP contribution in [0.3, 0.4) is 0 Å². The van der Waals surface area contributed by atoms with Gasteiger partial charge in [-0.2, -0.15) is 0 Å². The summed E-state index contributed by atoms with van der Waals surface area (Å²) in [4.78, 5) is 11.7. The smallest absolute Gasteiger partial charge is 0.239 e. The van der Waals surface area contributed by atoms with E-state index in [4.69, 9.17) is 5.73 Å². The summed E-state index contributed by atoms with van der Waals surface area (Å²) in [5, 5.41) is 1.96. The molecule has 7 heteroatoms. The predicted molar refractivity (Wildman–Crippen MR) is 79.7 cm³/mol. The van der Waals surface area contributed by atoms with Crippen LogP contribution in [0.15, 0.2) is 28.7 Å². The van der Waals surface area contributed by atoms with Crippen LogP contribution < -0.4 is 11.1 Å². The van der Waals surface area contributed by atoms with Gasteiger partial charge in [0.15, 0.2) is 9.84 Å². The van der Waals surface area contributed by atoms with Gasteiger partial charge in [0.25, 0.3) is 0 Å². The van der Waals surface area contributed by atoms with Crippen molar-refractivity contribution in [3.63, 3.8) is 0 Å². The molecule has 1 aromatic rings. The van der Waals surface area contributed by atoms with E-state index >= 15 is 0 Å². The van der Waals surface area contributed by atoms with Gasteiger partial charge in [-0.1, -0.05) is 12.1 Å². The summed E-state index contributed by atoms with van der Waals surface area (Å²) in [5.74, 6) is -1.08. The highest BCUT2D eigenvalue weighted by atomic mass is 79.9. The minimum atomic E-state index is -3.46. The zero-order chi connectivity index (χ0) is 14.5. The summed E-state index contributed by atoms with van der Waals surface area (Å²) in [6, 6.07) is 7.02. The third-order valence-electron chi connectivity index (χ3n) is 2.67. The van der Waals surface area contributed by atoms with Gasteiger partial charge in [0, 0.05) is 4.47 Å². The molecule has 106 valence electrons. The molecule has 1 rings (SSSR count). The largest absolute Gasteiger partial charge is 0.330 e. The fourth-order valence-corrected chi connectivity index (χ4v) is 3.09. The normalized spacial score (nSPS) is 13.0. The number of halogens is 1. The molecule has 0 aliphatic carbocycles. The number of para-hydroxylation sites is 1. The highest BCUT2D eigenvalue weighted by Crippen LogP contribution is 2.21. The van der Waals surface area contributed by atoms with Crippen LogP contribution in [0.4, 0.5) is 5.69 Å². The van der Waals surface area contributed by atoms with E-state index in [-0.39, 0.29) is 6.54 Å². The molecule has 0 aliphatic rings. The molecule has 3 N–H and O–H groups in total. The highest BCUT2D eigenvalue weighted by Gasteiger charge is 2.23. The van der Waals surface area contributed by atoms with E-state index in [9.17, 15) is 13.2 Å². The van der Waals surface area contributed by atoms with Crippen LogP contribution >= 0.6 is 15.9 Å². The van der Waals surface area contributed by atoms with Crippen LogP contribution in [0.1, 0.15) is 13.3 Å². The standard InChI is InChI=1S/C12H17BrN2O3S/c1-9(6-7-14)19(17,18)8-12(16)15-11-5-3-2-4-10(11)13/h2-5,9H,6-8,14H2,1H3,(H,15,16). The van der Waals surface area contributed by atoms with Crippen molar-refractivity contribution in [2.75, 3.05) is 17.6 Å². The molecule has 0 saturated carbocycles. The SMILES string of the molecule is CC(CCN)S(=O)(=O)CC(=O)Nc1ccccc1Br. The van der Waals surface area contributed by atoms with Crippen molar-refractivity contribution in [3.8, 4) is 0 Å². The van der Waals surface area contributed by atoms with Gasteiger partial charge in [-0.15, -0.1) is 0 Å². The quantitative estimate of drug-likeness (QED) is 0.815. The van der Waals surface area contributed by atoms with Crippen molar-refractivity contribution in [3.05, 3.63) is 28.7 Å². The van der Waals surface area contributed by atoms with Gasteiger partial charge in [-0.3, -0.25) is 4.79 Å². The molecular weight excluding hydrogens is 332 g/mol. The molecule has 1 amide bonds. The average Bonchev–Trinajstić information content (AvgIpc) is 2.31. The number of nitrogens with two attached hydrogens (primary N) is 1. The zero-order valence-electron chi connectivity index (χ0n) is 10.6. The Hall–Kier alpha value is -0.920. The lowest BCUT2D eigenvalue weighted by molar-refractivity contribution is -0.113. The number of rotatable bonds is 6. The minimum absolute atomic E-state index is 0.284. The predicted octanol–water partition coefficient (Wildman–Crippen LogP) is 1.54. The van der Waals surface area contributed by atoms with Crippen molar-refractivity contribution < 1.29 is 13.2 Å². The summed E-state index contributed by atoms with van der Waals surface area (Å²) in [6.45, 7) is 1.85. The van der Waals surface area contributed by atoms with Gasteiger partial charge >= 0.3 is 0 Å². The molecule has 1 aromatic carbocycles. The van der Waals surface area contributed by atoms with Crippen LogP contribution in [-0.2, 0) is 14.6 Å². The Balaban J connectivity index is 2.68. The van der Waals surface area contributed by atoms with E-state index in [1.165, 1.54) is 0 Å². The van der Waals surface area contributed by atoms with E-state index in [1.807, 2.05) is 0 Å². The van der Waals surface area contributed by atoms with E-state index < -0.39 is 26.7 Å². The molecule has 0 saturated heterocycles. The number of hydrogen-bond acceptors (Lipinski definition) is 4. The summed E-state index contributed by atoms with van der Waals surface area (Å²) in [7, 11) is -3.46. The van der Waals surface area contributed by atoms with E-state index in [2.05, 4.69) is 21.2 Å². The van der Waals surface area contributed by atoms with Gasteiger partial charge in [-0.25, -0.2) is 8.42 Å². The fourth-order valence-electron chi connectivity index (χ4n) is 1.49. The Morgan fingerprint density at radius 1 is 1.42 bits per heavy atom. The summed E-state index contributed by atoms with van der Waals surface area (Å²) < 4.78 is 24.5. The average molecular weight is 349 g/mol. The van der Waals surface area contributed by atoms with Crippen LogP contribution in [0.2, 0.25) is 0 Å². The Kier molecular flexibility index (Phi) is 5.96. The maximum Gasteiger partial charge on any atom is 0.239 e. The number of nitrogens with one attached hydrogen (secondary N) is 1. The first kappa shape index (κ1) is 16.1. The molecule has 0 bridgehead atoms. The van der Waals surface area contributed by atoms with Crippen molar-refractivity contribution in [2.45, 2.75) is 18.6 Å². The molecule has 0 heterocycles. The second-order valence-electron chi connectivity index (χ2n) is 4.22. The molecule has 1 unspecified atom stereocenters. The molecule has 0 aliphatic heterocycles. The molecule has 1 atom stereocenters. The van der Waals surface area contributed by atoms with Gasteiger partial charge in [0.2, 0.25) is 5.91 Å². The Bertz CT molecular complexity index is 546. The van der Waals surface area contributed by atoms with E-state index in [0.29, 0.717) is 16.6 Å². The van der Waals surface area contributed by atoms with Gasteiger partial charge in [-0.05, 0) is 48.0 Å². The maximum absolute atomic E-state index is 11.9. The molecule has 0 fully saturated rings. The van der Waals surface area contributed by atoms with Gasteiger partial charge in [0.1, 0.15) is 5.75 Å². The number of amides is 1. The topological polar surface area (TPSA) is 89.3 Å². The maximum atomic E-state index is 11.9. The van der Waals surface area contributed by atoms with Gasteiger partial charge in [0.05, 0.1) is 10.9 Å². The molecule has 5 nitrogen and oxygen atoms in total. The number of anilines is 1. The number of benzene rings is 1. The van der Waals surface area contributed by atoms with Crippen molar-refractivity contribution in [1.82, 2.24) is 0 Å². The minimum Gasteiger partial charge on any atom is -0.330 e. The second-order valence-corrected chi connectivity index (χ2v) is 7.50. The van der Waals surface area contributed by atoms with Crippen molar-refractivity contribution in [2.24, 2.45) is 5.73 Å². The summed E-state index contributed by atoms with van der Waals surface area (Å²) >= 11 is 3.28. The number of carbonyl (C=O) groups excluding carboxylic acids is 1. The van der Waals surface area contributed by atoms with Crippen molar-refractivity contribution in [1.29, 1.82) is 0 Å². The fraction of sp³-hybridized carbons (Fsp3) is 0.417. The first-order chi connectivity index (χ1) is 8.86. The third-order valence-corrected chi connectivity index (χ3v) is 5.48. The third kappa shape index (κ3) is 4.93. The lowest BCUT2D eigenvalue weighted by Crippen LogP contribution is -2.30. The lowest BCUT2D eigenvalue weighted by atomic mass is 10.3. The van der Waals surface area contributed by atoms with Crippen LogP contribution in [0, 0.1) is 0 Å². The molecule has 0 radical (unpaired) electrons. The van der Waals surface area contributed by atoms with E-state index in [0.717, 1.165) is 0 Å². The van der Waals surface area contributed by atoms with Crippen LogP contribution in [-0.4, -0.2) is 31.9 Å². The Labute approximate surface area is 121 Å². The van der Waals surface area contributed by atoms with Crippen LogP contribution in [0.25, 0.3) is 0 Å². The molecule has 19 heavy (non-hydrogen) atoms. The first-order valence-corrected chi connectivity index (χ1v) is 8.33. The first-order valence-electron chi connectivity index (χ1n) is 5.83. The number of hydrogen-bond donors (Lipinski definition) is 2. The summed E-state index contributed by atoms with van der Waals surface area (Å²) in [5.41, 5.74) is 5.88. The van der Waals surface area contributed by atoms with E-state index in [1.54, 1.807) is 31.2 Å². The molecule has 0 aromatic heterocycles. The zero-order valence-corrected chi connectivity index (χ0v) is 13.0. The second kappa shape index (κ2) is 7.02.